The Morgan fingerprint density at radius 2 is 1.78 bits per heavy atom. The van der Waals surface area contributed by atoms with Crippen molar-refractivity contribution in [3.63, 3.8) is 0 Å². The molecule has 0 unspecified atom stereocenters. The Morgan fingerprint density at radius 3 is 2.47 bits per heavy atom. The SMILES string of the molecule is CC(=O)N1CCN(c2ccc(C(=O)NCc3ccnc(OCc4ccccc4)c3)cc2[N+](=O)[O-])CC1. The molecule has 1 aliphatic heterocycles. The largest absolute Gasteiger partial charge is 0.473 e. The van der Waals surface area contributed by atoms with Crippen LogP contribution in [-0.4, -0.2) is 52.8 Å². The lowest BCUT2D eigenvalue weighted by atomic mass is 10.1. The number of nitro benzene ring substituents is 1. The summed E-state index contributed by atoms with van der Waals surface area (Å²) in [5.74, 6) is 0.00493. The van der Waals surface area contributed by atoms with Gasteiger partial charge < -0.3 is 19.9 Å². The summed E-state index contributed by atoms with van der Waals surface area (Å²) in [5, 5.41) is 14.6. The van der Waals surface area contributed by atoms with Gasteiger partial charge in [-0.1, -0.05) is 30.3 Å². The summed E-state index contributed by atoms with van der Waals surface area (Å²) in [6.45, 7) is 4.08. The Bertz CT molecular complexity index is 1240. The fraction of sp³-hybridized carbons (Fsp3) is 0.269. The Labute approximate surface area is 208 Å². The lowest BCUT2D eigenvalue weighted by molar-refractivity contribution is -0.384. The lowest BCUT2D eigenvalue weighted by Gasteiger charge is -2.35. The molecule has 1 N–H and O–H groups in total. The number of pyridine rings is 1. The number of hydrogen-bond acceptors (Lipinski definition) is 7. The van der Waals surface area contributed by atoms with Gasteiger partial charge in [0.05, 0.1) is 4.92 Å². The summed E-state index contributed by atoms with van der Waals surface area (Å²) in [4.78, 5) is 43.4. The normalized spacial score (nSPS) is 13.2. The van der Waals surface area contributed by atoms with Crippen LogP contribution in [0.3, 0.4) is 0 Å². The molecule has 0 spiro atoms. The van der Waals surface area contributed by atoms with Crippen LogP contribution in [0.5, 0.6) is 5.88 Å². The molecule has 10 heteroatoms. The van der Waals surface area contributed by atoms with Crippen LogP contribution in [0.1, 0.15) is 28.4 Å². The Morgan fingerprint density at radius 1 is 1.03 bits per heavy atom. The number of anilines is 1. The standard InChI is InChI=1S/C26H27N5O5/c1-19(32)29-11-13-30(14-12-29)23-8-7-22(16-24(23)31(34)35)26(33)28-17-21-9-10-27-25(15-21)36-18-20-5-3-2-4-6-20/h2-10,15-16H,11-14,17-18H2,1H3,(H,28,33). The molecule has 1 fully saturated rings. The zero-order valence-corrected chi connectivity index (χ0v) is 19.9. The maximum Gasteiger partial charge on any atom is 0.293 e. The van der Waals surface area contributed by atoms with Crippen molar-refractivity contribution in [1.82, 2.24) is 15.2 Å². The van der Waals surface area contributed by atoms with E-state index in [0.717, 1.165) is 11.1 Å². The minimum absolute atomic E-state index is 0.0137. The van der Waals surface area contributed by atoms with Crippen LogP contribution in [-0.2, 0) is 17.9 Å². The predicted molar refractivity (Wildman–Crippen MR) is 134 cm³/mol. The van der Waals surface area contributed by atoms with Gasteiger partial charge in [-0.2, -0.15) is 0 Å². The number of ether oxygens (including phenoxy) is 1. The van der Waals surface area contributed by atoms with Gasteiger partial charge in [0.15, 0.2) is 0 Å². The number of rotatable bonds is 8. The van der Waals surface area contributed by atoms with Gasteiger partial charge in [0.1, 0.15) is 12.3 Å². The molecule has 2 heterocycles. The monoisotopic (exact) mass is 489 g/mol. The molecule has 36 heavy (non-hydrogen) atoms. The number of amides is 2. The minimum atomic E-state index is -0.483. The second-order valence-electron chi connectivity index (χ2n) is 8.41. The third-order valence-electron chi connectivity index (χ3n) is 5.98. The zero-order valence-electron chi connectivity index (χ0n) is 19.9. The van der Waals surface area contributed by atoms with Crippen LogP contribution in [0, 0.1) is 10.1 Å². The highest BCUT2D eigenvalue weighted by Gasteiger charge is 2.25. The molecule has 0 aliphatic carbocycles. The second kappa shape index (κ2) is 11.3. The molecule has 186 valence electrons. The topological polar surface area (TPSA) is 118 Å². The molecule has 1 aliphatic rings. The molecule has 3 aromatic rings. The maximum absolute atomic E-state index is 12.8. The van der Waals surface area contributed by atoms with Crippen LogP contribution >= 0.6 is 0 Å². The summed E-state index contributed by atoms with van der Waals surface area (Å²) in [7, 11) is 0. The van der Waals surface area contributed by atoms with Gasteiger partial charge in [0.2, 0.25) is 11.8 Å². The van der Waals surface area contributed by atoms with Gasteiger partial charge in [-0.05, 0) is 29.3 Å². The number of hydrogen-bond donors (Lipinski definition) is 1. The average molecular weight is 490 g/mol. The van der Waals surface area contributed by atoms with Crippen LogP contribution in [0.25, 0.3) is 0 Å². The van der Waals surface area contributed by atoms with E-state index in [0.29, 0.717) is 44.4 Å². The van der Waals surface area contributed by atoms with Gasteiger partial charge in [-0.3, -0.25) is 19.7 Å². The number of nitrogens with one attached hydrogen (secondary N) is 1. The minimum Gasteiger partial charge on any atom is -0.473 e. The first-order valence-corrected chi connectivity index (χ1v) is 11.6. The van der Waals surface area contributed by atoms with Gasteiger partial charge in [-0.15, -0.1) is 0 Å². The van der Waals surface area contributed by atoms with Gasteiger partial charge in [0, 0.05) is 63.5 Å². The van der Waals surface area contributed by atoms with Crippen LogP contribution in [0.2, 0.25) is 0 Å². The first kappa shape index (κ1) is 24.6. The number of carbonyl (C=O) groups is 2. The van der Waals surface area contributed by atoms with Crippen LogP contribution in [0.4, 0.5) is 11.4 Å². The highest BCUT2D eigenvalue weighted by molar-refractivity contribution is 5.95. The molecule has 0 saturated carbocycles. The van der Waals surface area contributed by atoms with E-state index in [2.05, 4.69) is 10.3 Å². The van der Waals surface area contributed by atoms with Gasteiger partial charge in [-0.25, -0.2) is 4.98 Å². The first-order valence-electron chi connectivity index (χ1n) is 11.6. The predicted octanol–water partition coefficient (Wildman–Crippen LogP) is 3.17. The fourth-order valence-electron chi connectivity index (χ4n) is 4.00. The van der Waals surface area contributed by atoms with Crippen molar-refractivity contribution in [2.45, 2.75) is 20.1 Å². The molecule has 0 bridgehead atoms. The van der Waals surface area contributed by atoms with Gasteiger partial charge in [0.25, 0.3) is 11.6 Å². The number of aromatic nitrogens is 1. The number of piperazine rings is 1. The Balaban J connectivity index is 1.38. The van der Waals surface area contributed by atoms with Crippen molar-refractivity contribution < 1.29 is 19.2 Å². The zero-order chi connectivity index (χ0) is 25.5. The first-order chi connectivity index (χ1) is 17.4. The highest BCUT2D eigenvalue weighted by Crippen LogP contribution is 2.30. The third kappa shape index (κ3) is 6.15. The Kier molecular flexibility index (Phi) is 7.74. The van der Waals surface area contributed by atoms with Crippen molar-refractivity contribution in [2.24, 2.45) is 0 Å². The van der Waals surface area contributed by atoms with Gasteiger partial charge >= 0.3 is 0 Å². The molecule has 0 radical (unpaired) electrons. The van der Waals surface area contributed by atoms with E-state index in [4.69, 9.17) is 4.74 Å². The smallest absolute Gasteiger partial charge is 0.293 e. The molecule has 2 aromatic carbocycles. The number of nitro groups is 1. The number of nitrogens with zero attached hydrogens (tertiary/aromatic N) is 4. The molecule has 2 amide bonds. The van der Waals surface area contributed by atoms with E-state index >= 15 is 0 Å². The summed E-state index contributed by atoms with van der Waals surface area (Å²) < 4.78 is 5.73. The average Bonchev–Trinajstić information content (AvgIpc) is 2.91. The van der Waals surface area contributed by atoms with Crippen molar-refractivity contribution in [1.29, 1.82) is 0 Å². The number of carbonyl (C=O) groups excluding carboxylic acids is 2. The highest BCUT2D eigenvalue weighted by atomic mass is 16.6. The summed E-state index contributed by atoms with van der Waals surface area (Å²) in [5.41, 5.74) is 2.30. The molecule has 4 rings (SSSR count). The second-order valence-corrected chi connectivity index (χ2v) is 8.41. The molecule has 0 atom stereocenters. The van der Waals surface area contributed by atoms with Crippen molar-refractivity contribution in [3.8, 4) is 5.88 Å². The molecular formula is C26H27N5O5. The molecule has 1 saturated heterocycles. The van der Waals surface area contributed by atoms with E-state index in [-0.39, 0.29) is 23.7 Å². The molecular weight excluding hydrogens is 462 g/mol. The van der Waals surface area contributed by atoms with E-state index in [1.165, 1.54) is 13.0 Å². The summed E-state index contributed by atoms with van der Waals surface area (Å²) >= 11 is 0. The van der Waals surface area contributed by atoms with Crippen molar-refractivity contribution in [2.75, 3.05) is 31.1 Å². The van der Waals surface area contributed by atoms with E-state index < -0.39 is 10.8 Å². The van der Waals surface area contributed by atoms with E-state index in [9.17, 15) is 19.7 Å². The lowest BCUT2D eigenvalue weighted by Crippen LogP contribution is -2.48. The fourth-order valence-corrected chi connectivity index (χ4v) is 4.00. The maximum atomic E-state index is 12.8. The molecule has 1 aromatic heterocycles. The third-order valence-corrected chi connectivity index (χ3v) is 5.98. The van der Waals surface area contributed by atoms with Crippen molar-refractivity contribution >= 4 is 23.2 Å². The van der Waals surface area contributed by atoms with Crippen molar-refractivity contribution in [3.05, 3.63) is 93.7 Å². The Hall–Kier alpha value is -4.47. The van der Waals surface area contributed by atoms with E-state index in [1.54, 1.807) is 35.4 Å². The molecule has 10 nitrogen and oxygen atoms in total. The quantitative estimate of drug-likeness (QED) is 0.381. The van der Waals surface area contributed by atoms with E-state index in [1.807, 2.05) is 35.2 Å². The van der Waals surface area contributed by atoms with Crippen LogP contribution < -0.4 is 15.0 Å². The number of benzene rings is 2. The summed E-state index contributed by atoms with van der Waals surface area (Å²) in [6.07, 6.45) is 1.60. The summed E-state index contributed by atoms with van der Waals surface area (Å²) in [6, 6.07) is 17.7. The van der Waals surface area contributed by atoms with Crippen LogP contribution in [0.15, 0.2) is 66.9 Å².